The standard InChI is InChI=1S/C18H21BrN4O2S/c1-22(2)10-3-11-23-17(20-21-18(23)26)16-9-8-15(25-16)12-24-14-6-4-13(19)5-7-14/h4-9H,3,10-12H2,1-2H3,(H,21,26). The number of aromatic nitrogens is 3. The van der Waals surface area contributed by atoms with Gasteiger partial charge in [0.25, 0.3) is 0 Å². The largest absolute Gasteiger partial charge is 0.740 e. The molecule has 0 fully saturated rings. The summed E-state index contributed by atoms with van der Waals surface area (Å²) in [6, 6.07) is 11.5. The Hall–Kier alpha value is -1.90. The molecule has 1 N–H and O–H groups in total. The van der Waals surface area contributed by atoms with Crippen LogP contribution in [0.1, 0.15) is 12.2 Å². The van der Waals surface area contributed by atoms with Crippen molar-refractivity contribution < 1.29 is 14.1 Å². The molecule has 0 saturated carbocycles. The van der Waals surface area contributed by atoms with Crippen LogP contribution in [-0.2, 0) is 25.8 Å². The van der Waals surface area contributed by atoms with E-state index in [-0.39, 0.29) is 0 Å². The van der Waals surface area contributed by atoms with Crippen molar-refractivity contribution in [1.82, 2.24) is 14.8 Å². The van der Waals surface area contributed by atoms with Crippen molar-refractivity contribution >= 4 is 28.6 Å². The first-order valence-electron chi connectivity index (χ1n) is 8.39. The Bertz CT molecular complexity index is 845. The van der Waals surface area contributed by atoms with E-state index in [1.807, 2.05) is 41.0 Å². The lowest BCUT2D eigenvalue weighted by Crippen LogP contribution is -3.05. The van der Waals surface area contributed by atoms with Crippen LogP contribution in [0, 0.1) is 0 Å². The van der Waals surface area contributed by atoms with Crippen LogP contribution in [-0.4, -0.2) is 35.4 Å². The van der Waals surface area contributed by atoms with Crippen LogP contribution in [0.2, 0.25) is 0 Å². The first kappa shape index (κ1) is 18.9. The Kier molecular flexibility index (Phi) is 6.29. The molecule has 0 radical (unpaired) electrons. The quantitative estimate of drug-likeness (QED) is 0.549. The summed E-state index contributed by atoms with van der Waals surface area (Å²) in [6.07, 6.45) is 0.997. The van der Waals surface area contributed by atoms with Crippen LogP contribution in [0.4, 0.5) is 0 Å². The number of ether oxygens (including phenoxy) is 1. The maximum absolute atomic E-state index is 5.89. The van der Waals surface area contributed by atoms with E-state index < -0.39 is 0 Å². The minimum absolute atomic E-state index is 0.348. The highest BCUT2D eigenvalue weighted by atomic mass is 79.9. The monoisotopic (exact) mass is 436 g/mol. The van der Waals surface area contributed by atoms with Crippen molar-refractivity contribution in [3.63, 3.8) is 0 Å². The van der Waals surface area contributed by atoms with E-state index in [0.717, 1.165) is 35.5 Å². The van der Waals surface area contributed by atoms with E-state index in [0.29, 0.717) is 23.3 Å². The van der Waals surface area contributed by atoms with Crippen LogP contribution < -0.4 is 9.64 Å². The zero-order chi connectivity index (χ0) is 18.5. The van der Waals surface area contributed by atoms with Crippen LogP contribution in [0.25, 0.3) is 11.6 Å². The number of furan rings is 1. The molecule has 0 aliphatic heterocycles. The lowest BCUT2D eigenvalue weighted by molar-refractivity contribution is -0.858. The zero-order valence-corrected chi connectivity index (χ0v) is 17.1. The van der Waals surface area contributed by atoms with E-state index in [4.69, 9.17) is 21.8 Å². The Morgan fingerprint density at radius 1 is 1.15 bits per heavy atom. The topological polar surface area (TPSA) is 57.5 Å². The highest BCUT2D eigenvalue weighted by molar-refractivity contribution is 9.10. The van der Waals surface area contributed by atoms with E-state index in [1.165, 1.54) is 4.90 Å². The van der Waals surface area contributed by atoms with Gasteiger partial charge in [0.05, 0.1) is 20.6 Å². The highest BCUT2D eigenvalue weighted by Crippen LogP contribution is 2.23. The SMILES string of the molecule is C[NH+](C)CCCn1c([S-])nnc1-c1ccc(COc2ccc(Br)cc2)o1. The third-order valence-corrected chi connectivity index (χ3v) is 4.68. The van der Waals surface area contributed by atoms with Gasteiger partial charge in [0, 0.05) is 22.6 Å². The predicted molar refractivity (Wildman–Crippen MR) is 104 cm³/mol. The third kappa shape index (κ3) is 4.84. The second-order valence-electron chi connectivity index (χ2n) is 6.28. The molecule has 0 saturated heterocycles. The summed E-state index contributed by atoms with van der Waals surface area (Å²) < 4.78 is 14.6. The molecular weight excluding hydrogens is 416 g/mol. The highest BCUT2D eigenvalue weighted by Gasteiger charge is 2.13. The smallest absolute Gasteiger partial charge is 0.198 e. The maximum atomic E-state index is 5.89. The summed E-state index contributed by atoms with van der Waals surface area (Å²) in [4.78, 5) is 1.40. The van der Waals surface area contributed by atoms with Crippen molar-refractivity contribution in [3.8, 4) is 17.3 Å². The average Bonchev–Trinajstić information content (AvgIpc) is 3.21. The molecule has 0 spiro atoms. The summed E-state index contributed by atoms with van der Waals surface area (Å²) in [5.74, 6) is 2.83. The molecule has 2 heterocycles. The Labute approximate surface area is 166 Å². The molecule has 3 rings (SSSR count). The molecule has 0 aliphatic rings. The Morgan fingerprint density at radius 3 is 2.65 bits per heavy atom. The van der Waals surface area contributed by atoms with Crippen LogP contribution in [0.15, 0.2) is 50.4 Å². The summed E-state index contributed by atoms with van der Waals surface area (Å²) in [5.41, 5.74) is 0. The molecule has 1 aromatic carbocycles. The number of nitrogens with zero attached hydrogens (tertiary/aromatic N) is 3. The van der Waals surface area contributed by atoms with Gasteiger partial charge in [-0.3, -0.25) is 0 Å². The molecule has 0 aliphatic carbocycles. The molecule has 3 aromatic rings. The van der Waals surface area contributed by atoms with Gasteiger partial charge >= 0.3 is 0 Å². The van der Waals surface area contributed by atoms with Gasteiger partial charge < -0.3 is 31.2 Å². The van der Waals surface area contributed by atoms with E-state index in [9.17, 15) is 0 Å². The number of benzene rings is 1. The van der Waals surface area contributed by atoms with Gasteiger partial charge in [0.15, 0.2) is 11.6 Å². The zero-order valence-electron chi connectivity index (χ0n) is 14.7. The van der Waals surface area contributed by atoms with Crippen molar-refractivity contribution in [1.29, 1.82) is 0 Å². The maximum Gasteiger partial charge on any atom is 0.198 e. The molecule has 6 nitrogen and oxygen atoms in total. The van der Waals surface area contributed by atoms with Crippen molar-refractivity contribution in [3.05, 3.63) is 46.6 Å². The van der Waals surface area contributed by atoms with Crippen molar-refractivity contribution in [2.75, 3.05) is 20.6 Å². The first-order chi connectivity index (χ1) is 12.5. The molecule has 26 heavy (non-hydrogen) atoms. The number of nitrogens with one attached hydrogen (secondary N) is 1. The summed E-state index contributed by atoms with van der Waals surface area (Å²) >= 11 is 8.70. The normalized spacial score (nSPS) is 11.2. The van der Waals surface area contributed by atoms with Gasteiger partial charge in [-0.2, -0.15) is 5.10 Å². The fraction of sp³-hybridized carbons (Fsp3) is 0.333. The van der Waals surface area contributed by atoms with Crippen LogP contribution in [0.3, 0.4) is 0 Å². The number of quaternary nitrogens is 1. The Morgan fingerprint density at radius 2 is 1.92 bits per heavy atom. The molecule has 0 amide bonds. The van der Waals surface area contributed by atoms with Gasteiger partial charge in [-0.25, -0.2) is 0 Å². The molecule has 0 bridgehead atoms. The van der Waals surface area contributed by atoms with E-state index >= 15 is 0 Å². The summed E-state index contributed by atoms with van der Waals surface area (Å²) in [5, 5.41) is 8.70. The van der Waals surface area contributed by atoms with Crippen LogP contribution in [0.5, 0.6) is 5.75 Å². The molecule has 8 heteroatoms. The number of rotatable bonds is 8. The lowest BCUT2D eigenvalue weighted by Gasteiger charge is -2.13. The first-order valence-corrected chi connectivity index (χ1v) is 9.60. The third-order valence-electron chi connectivity index (χ3n) is 3.85. The lowest BCUT2D eigenvalue weighted by atomic mass is 10.3. The second kappa shape index (κ2) is 8.66. The van der Waals surface area contributed by atoms with Gasteiger partial charge in [-0.05, 0) is 36.4 Å². The molecule has 0 atom stereocenters. The van der Waals surface area contributed by atoms with Gasteiger partial charge in [0.2, 0.25) is 0 Å². The average molecular weight is 437 g/mol. The Balaban J connectivity index is 1.66. The summed E-state index contributed by atoms with van der Waals surface area (Å²) in [6.45, 7) is 2.18. The number of halogens is 1. The van der Waals surface area contributed by atoms with E-state index in [2.05, 4.69) is 40.2 Å². The summed E-state index contributed by atoms with van der Waals surface area (Å²) in [7, 11) is 4.26. The van der Waals surface area contributed by atoms with Gasteiger partial charge in [0.1, 0.15) is 18.1 Å². The fourth-order valence-electron chi connectivity index (χ4n) is 2.52. The second-order valence-corrected chi connectivity index (χ2v) is 7.56. The van der Waals surface area contributed by atoms with Crippen molar-refractivity contribution in [2.24, 2.45) is 0 Å². The molecule has 0 unspecified atom stereocenters. The van der Waals surface area contributed by atoms with E-state index in [1.54, 1.807) is 0 Å². The molecule has 138 valence electrons. The number of hydrogen-bond donors (Lipinski definition) is 1. The van der Waals surface area contributed by atoms with Crippen LogP contribution >= 0.6 is 15.9 Å². The fourth-order valence-corrected chi connectivity index (χ4v) is 3.01. The van der Waals surface area contributed by atoms with Gasteiger partial charge in [-0.15, -0.1) is 5.10 Å². The number of hydrogen-bond acceptors (Lipinski definition) is 5. The minimum Gasteiger partial charge on any atom is -0.740 e. The molecular formula is C18H21BrN4O2S. The molecule has 2 aromatic heterocycles. The minimum atomic E-state index is 0.348. The van der Waals surface area contributed by atoms with Gasteiger partial charge in [-0.1, -0.05) is 15.9 Å². The van der Waals surface area contributed by atoms with Crippen molar-refractivity contribution in [2.45, 2.75) is 24.7 Å². The predicted octanol–water partition coefficient (Wildman–Crippen LogP) is 2.32.